The van der Waals surface area contributed by atoms with E-state index in [4.69, 9.17) is 22.7 Å². The quantitative estimate of drug-likeness (QED) is 0.539. The van der Waals surface area contributed by atoms with Crippen molar-refractivity contribution in [3.05, 3.63) is 26.9 Å². The molecule has 0 bridgehead atoms. The number of primary amides is 1. The highest BCUT2D eigenvalue weighted by Crippen LogP contribution is 2.52. The van der Waals surface area contributed by atoms with Crippen LogP contribution in [0.2, 0.25) is 0 Å². The molecule has 1 fully saturated rings. The molecular weight excluding hydrogens is 438 g/mol. The molecule has 3 heterocycles. The first kappa shape index (κ1) is 21.4. The van der Waals surface area contributed by atoms with Crippen LogP contribution in [0.4, 0.5) is 5.69 Å². The summed E-state index contributed by atoms with van der Waals surface area (Å²) in [6.07, 6.45) is 1.48. The summed E-state index contributed by atoms with van der Waals surface area (Å²) in [5.41, 5.74) is 7.85. The van der Waals surface area contributed by atoms with Gasteiger partial charge in [0.1, 0.15) is 9.57 Å². The zero-order valence-electron chi connectivity index (χ0n) is 17.3. The first-order chi connectivity index (χ1) is 14.2. The van der Waals surface area contributed by atoms with Crippen LogP contribution >= 0.6 is 32.9 Å². The summed E-state index contributed by atoms with van der Waals surface area (Å²) >= 11 is 5.64. The van der Waals surface area contributed by atoms with Crippen molar-refractivity contribution < 1.29 is 19.2 Å². The van der Waals surface area contributed by atoms with Gasteiger partial charge >= 0.3 is 0 Å². The number of fused-ring (bicyclic) bond motifs is 3. The van der Waals surface area contributed by atoms with Gasteiger partial charge in [0.25, 0.3) is 5.91 Å². The molecule has 6 nitrogen and oxygen atoms in total. The SMILES string of the molecule is COc1ccc2c(c1)-c1c(ssc1=S)C(C)(C)N2C(=O)C[NH+]1CCC(C(N)=O)CC1. The average Bonchev–Trinajstić information content (AvgIpc) is 3.11. The number of piperidine rings is 1. The Hall–Kier alpha value is -1.81. The van der Waals surface area contributed by atoms with E-state index in [0.717, 1.165) is 57.2 Å². The van der Waals surface area contributed by atoms with E-state index < -0.39 is 5.54 Å². The number of quaternary nitrogens is 1. The normalized spacial score (nSPS) is 22.2. The van der Waals surface area contributed by atoms with Crippen LogP contribution in [0.5, 0.6) is 5.75 Å². The van der Waals surface area contributed by atoms with Crippen LogP contribution in [0, 0.1) is 9.74 Å². The number of ether oxygens (including phenoxy) is 1. The minimum Gasteiger partial charge on any atom is -0.497 e. The van der Waals surface area contributed by atoms with Gasteiger partial charge in [-0.15, -0.1) is 0 Å². The van der Waals surface area contributed by atoms with E-state index in [1.165, 1.54) is 4.90 Å². The van der Waals surface area contributed by atoms with Gasteiger partial charge < -0.3 is 15.4 Å². The standard InChI is InChI=1S/C21H25N3O3S3/c1-21(2)18-17(20(28)30-29-18)14-10-13(27-3)4-5-15(14)24(21)16(25)11-23-8-6-12(7-9-23)19(22)26/h4-5,10,12H,6-9,11H2,1-3H3,(H2,22,26)/p+1. The van der Waals surface area contributed by atoms with Gasteiger partial charge in [-0.25, -0.2) is 0 Å². The van der Waals surface area contributed by atoms with Gasteiger partial charge in [-0.3, -0.25) is 14.5 Å². The Labute approximate surface area is 188 Å². The molecule has 0 unspecified atom stereocenters. The number of rotatable bonds is 4. The third-order valence-corrected chi connectivity index (χ3v) is 9.54. The first-order valence-electron chi connectivity index (χ1n) is 10.0. The molecule has 2 amide bonds. The van der Waals surface area contributed by atoms with Crippen molar-refractivity contribution in [3.8, 4) is 16.9 Å². The second-order valence-electron chi connectivity index (χ2n) is 8.43. The molecule has 4 rings (SSSR count). The molecule has 0 spiro atoms. The topological polar surface area (TPSA) is 77.1 Å². The fourth-order valence-electron chi connectivity index (χ4n) is 4.56. The van der Waals surface area contributed by atoms with Crippen molar-refractivity contribution in [2.24, 2.45) is 11.7 Å². The summed E-state index contributed by atoms with van der Waals surface area (Å²) in [6, 6.07) is 5.83. The smallest absolute Gasteiger partial charge is 0.282 e. The van der Waals surface area contributed by atoms with E-state index in [1.807, 2.05) is 23.1 Å². The lowest BCUT2D eigenvalue weighted by atomic mass is 9.87. The van der Waals surface area contributed by atoms with Gasteiger partial charge in [0.15, 0.2) is 6.54 Å². The molecule has 3 N–H and O–H groups in total. The lowest BCUT2D eigenvalue weighted by Crippen LogP contribution is -3.14. The molecule has 0 radical (unpaired) electrons. The third kappa shape index (κ3) is 3.57. The molecule has 1 aromatic heterocycles. The van der Waals surface area contributed by atoms with Gasteiger partial charge in [-0.05, 0) is 32.0 Å². The van der Waals surface area contributed by atoms with E-state index in [-0.39, 0.29) is 17.7 Å². The molecule has 2 aliphatic heterocycles. The first-order valence-corrected chi connectivity index (χ1v) is 12.6. The van der Waals surface area contributed by atoms with Crippen molar-refractivity contribution in [1.82, 2.24) is 0 Å². The highest BCUT2D eigenvalue weighted by atomic mass is 32.9. The molecule has 2 aromatic rings. The second kappa shape index (κ2) is 8.03. The van der Waals surface area contributed by atoms with Crippen molar-refractivity contribution in [3.63, 3.8) is 0 Å². The molecule has 0 atom stereocenters. The zero-order chi connectivity index (χ0) is 21.6. The third-order valence-electron chi connectivity index (χ3n) is 6.21. The minimum absolute atomic E-state index is 0.0656. The second-order valence-corrected chi connectivity index (χ2v) is 11.2. The summed E-state index contributed by atoms with van der Waals surface area (Å²) in [4.78, 5) is 29.3. The summed E-state index contributed by atoms with van der Waals surface area (Å²) in [5, 5.41) is 0. The molecule has 1 aromatic carbocycles. The van der Waals surface area contributed by atoms with Gasteiger partial charge in [-0.1, -0.05) is 32.9 Å². The molecule has 0 aliphatic carbocycles. The fraction of sp³-hybridized carbons (Fsp3) is 0.476. The number of likely N-dealkylation sites (tertiary alicyclic amines) is 1. The average molecular weight is 465 g/mol. The maximum absolute atomic E-state index is 13.6. The number of benzene rings is 1. The number of methoxy groups -OCH3 is 1. The predicted molar refractivity (Wildman–Crippen MR) is 123 cm³/mol. The monoisotopic (exact) mass is 464 g/mol. The minimum atomic E-state index is -0.489. The number of carbonyl (C=O) groups is 2. The largest absolute Gasteiger partial charge is 0.497 e. The Morgan fingerprint density at radius 2 is 2.00 bits per heavy atom. The zero-order valence-corrected chi connectivity index (χ0v) is 19.8. The maximum atomic E-state index is 13.6. The molecule has 0 saturated carbocycles. The van der Waals surface area contributed by atoms with Crippen molar-refractivity contribution in [2.45, 2.75) is 32.2 Å². The van der Waals surface area contributed by atoms with Gasteiger partial charge in [0, 0.05) is 29.9 Å². The maximum Gasteiger partial charge on any atom is 0.282 e. The molecular formula is C21H26N3O3S3+. The number of nitrogens with one attached hydrogen (secondary N) is 1. The van der Waals surface area contributed by atoms with Gasteiger partial charge in [0.05, 0.1) is 36.3 Å². The lowest BCUT2D eigenvalue weighted by molar-refractivity contribution is -0.897. The Kier molecular flexibility index (Phi) is 5.73. The fourth-order valence-corrected chi connectivity index (χ4v) is 7.84. The summed E-state index contributed by atoms with van der Waals surface area (Å²) in [6.45, 7) is 6.13. The van der Waals surface area contributed by atoms with E-state index in [1.54, 1.807) is 27.8 Å². The Morgan fingerprint density at radius 1 is 1.30 bits per heavy atom. The Morgan fingerprint density at radius 3 is 2.63 bits per heavy atom. The summed E-state index contributed by atoms with van der Waals surface area (Å²) < 4.78 is 6.29. The number of hydrogen-bond donors (Lipinski definition) is 2. The van der Waals surface area contributed by atoms with E-state index in [0.29, 0.717) is 6.54 Å². The van der Waals surface area contributed by atoms with Crippen LogP contribution in [0.15, 0.2) is 18.2 Å². The number of nitrogens with two attached hydrogens (primary N) is 1. The highest BCUT2D eigenvalue weighted by molar-refractivity contribution is 7.80. The van der Waals surface area contributed by atoms with E-state index in [2.05, 4.69) is 13.8 Å². The number of hydrogen-bond acceptors (Lipinski definition) is 6. The molecule has 1 saturated heterocycles. The van der Waals surface area contributed by atoms with Gasteiger partial charge in [0.2, 0.25) is 5.91 Å². The van der Waals surface area contributed by atoms with Crippen LogP contribution in [-0.4, -0.2) is 38.6 Å². The van der Waals surface area contributed by atoms with Crippen LogP contribution in [0.25, 0.3) is 11.1 Å². The predicted octanol–water partition coefficient (Wildman–Crippen LogP) is 2.58. The summed E-state index contributed by atoms with van der Waals surface area (Å²) in [5.74, 6) is 0.529. The number of amides is 2. The van der Waals surface area contributed by atoms with Crippen molar-refractivity contribution >= 4 is 50.4 Å². The molecule has 2 aliphatic rings. The number of anilines is 1. The van der Waals surface area contributed by atoms with Crippen LogP contribution in [0.3, 0.4) is 0 Å². The summed E-state index contributed by atoms with van der Waals surface area (Å²) in [7, 11) is 4.87. The Balaban J connectivity index is 1.67. The lowest BCUT2D eigenvalue weighted by Gasteiger charge is -2.43. The Bertz CT molecular complexity index is 1050. The van der Waals surface area contributed by atoms with Crippen LogP contribution < -0.4 is 20.3 Å². The van der Waals surface area contributed by atoms with E-state index in [9.17, 15) is 9.59 Å². The van der Waals surface area contributed by atoms with E-state index >= 15 is 0 Å². The van der Waals surface area contributed by atoms with Gasteiger partial charge in [-0.2, -0.15) is 0 Å². The molecule has 30 heavy (non-hydrogen) atoms. The van der Waals surface area contributed by atoms with Crippen LogP contribution in [-0.2, 0) is 15.1 Å². The molecule has 160 valence electrons. The number of nitrogens with zero attached hydrogens (tertiary/aromatic N) is 1. The van der Waals surface area contributed by atoms with Crippen LogP contribution in [0.1, 0.15) is 31.6 Å². The van der Waals surface area contributed by atoms with Crippen molar-refractivity contribution in [1.29, 1.82) is 0 Å². The molecule has 9 heteroatoms. The highest BCUT2D eigenvalue weighted by Gasteiger charge is 2.44. The number of carbonyl (C=O) groups excluding carboxylic acids is 2. The van der Waals surface area contributed by atoms with Crippen molar-refractivity contribution in [2.75, 3.05) is 31.6 Å².